The van der Waals surface area contributed by atoms with Crippen LogP contribution in [-0.4, -0.2) is 49.1 Å². The SMILES string of the molecule is Cc1cc(C(=O)N2CC[C@@H](Oc3cccnc3N(C)C)C2)c(C)o1. The predicted molar refractivity (Wildman–Crippen MR) is 91.7 cm³/mol. The van der Waals surface area contributed by atoms with Crippen molar-refractivity contribution in [3.8, 4) is 5.75 Å². The molecule has 0 aliphatic carbocycles. The summed E-state index contributed by atoms with van der Waals surface area (Å²) < 4.78 is 11.6. The highest BCUT2D eigenvalue weighted by Crippen LogP contribution is 2.27. The van der Waals surface area contributed by atoms with E-state index in [4.69, 9.17) is 9.15 Å². The first-order chi connectivity index (χ1) is 11.5. The third kappa shape index (κ3) is 3.22. The highest BCUT2D eigenvalue weighted by atomic mass is 16.5. The number of hydrogen-bond donors (Lipinski definition) is 0. The average molecular weight is 329 g/mol. The van der Waals surface area contributed by atoms with Gasteiger partial charge in [-0.15, -0.1) is 0 Å². The topological polar surface area (TPSA) is 58.8 Å². The number of carbonyl (C=O) groups excluding carboxylic acids is 1. The number of aryl methyl sites for hydroxylation is 2. The van der Waals surface area contributed by atoms with E-state index in [0.717, 1.165) is 23.7 Å². The van der Waals surface area contributed by atoms with Crippen molar-refractivity contribution in [1.82, 2.24) is 9.88 Å². The highest BCUT2D eigenvalue weighted by molar-refractivity contribution is 5.95. The van der Waals surface area contributed by atoms with E-state index in [2.05, 4.69) is 4.98 Å². The van der Waals surface area contributed by atoms with E-state index in [1.807, 2.05) is 49.9 Å². The van der Waals surface area contributed by atoms with E-state index in [9.17, 15) is 4.79 Å². The van der Waals surface area contributed by atoms with Crippen LogP contribution in [0.15, 0.2) is 28.8 Å². The van der Waals surface area contributed by atoms with Crippen LogP contribution in [0, 0.1) is 13.8 Å². The third-order valence-electron chi connectivity index (χ3n) is 4.17. The predicted octanol–water partition coefficient (Wildman–Crippen LogP) is 2.65. The van der Waals surface area contributed by atoms with Crippen LogP contribution in [-0.2, 0) is 0 Å². The molecule has 1 aliphatic heterocycles. The van der Waals surface area contributed by atoms with Crippen molar-refractivity contribution in [1.29, 1.82) is 0 Å². The lowest BCUT2D eigenvalue weighted by Crippen LogP contribution is -2.31. The van der Waals surface area contributed by atoms with E-state index in [0.29, 0.717) is 24.4 Å². The molecule has 0 radical (unpaired) electrons. The Morgan fingerprint density at radius 2 is 2.21 bits per heavy atom. The van der Waals surface area contributed by atoms with Crippen molar-refractivity contribution < 1.29 is 13.9 Å². The van der Waals surface area contributed by atoms with E-state index in [-0.39, 0.29) is 12.0 Å². The molecule has 2 aromatic rings. The third-order valence-corrected chi connectivity index (χ3v) is 4.17. The summed E-state index contributed by atoms with van der Waals surface area (Å²) in [6, 6.07) is 5.57. The van der Waals surface area contributed by atoms with Gasteiger partial charge in [-0.25, -0.2) is 4.98 Å². The van der Waals surface area contributed by atoms with Crippen molar-refractivity contribution >= 4 is 11.7 Å². The molecule has 1 aliphatic rings. The normalized spacial score (nSPS) is 17.2. The van der Waals surface area contributed by atoms with Gasteiger partial charge in [0.2, 0.25) is 0 Å². The number of anilines is 1. The average Bonchev–Trinajstić information content (AvgIpc) is 3.13. The maximum absolute atomic E-state index is 12.6. The van der Waals surface area contributed by atoms with Gasteiger partial charge in [-0.3, -0.25) is 4.79 Å². The molecule has 0 saturated carbocycles. The first kappa shape index (κ1) is 16.4. The van der Waals surface area contributed by atoms with Crippen LogP contribution in [0.25, 0.3) is 0 Å². The lowest BCUT2D eigenvalue weighted by atomic mass is 10.2. The largest absolute Gasteiger partial charge is 0.485 e. The van der Waals surface area contributed by atoms with Gasteiger partial charge in [-0.05, 0) is 32.0 Å². The zero-order chi connectivity index (χ0) is 17.3. The number of likely N-dealkylation sites (tertiary alicyclic amines) is 1. The molecular weight excluding hydrogens is 306 g/mol. The first-order valence-corrected chi connectivity index (χ1v) is 8.11. The Kier molecular flexibility index (Phi) is 4.46. The molecule has 0 unspecified atom stereocenters. The minimum Gasteiger partial charge on any atom is -0.485 e. The van der Waals surface area contributed by atoms with Crippen LogP contribution >= 0.6 is 0 Å². The number of nitrogens with zero attached hydrogens (tertiary/aromatic N) is 3. The monoisotopic (exact) mass is 329 g/mol. The van der Waals surface area contributed by atoms with Crippen molar-refractivity contribution in [2.24, 2.45) is 0 Å². The summed E-state index contributed by atoms with van der Waals surface area (Å²) in [4.78, 5) is 20.7. The van der Waals surface area contributed by atoms with Crippen molar-refractivity contribution in [3.63, 3.8) is 0 Å². The number of pyridine rings is 1. The Labute approximate surface area is 142 Å². The Morgan fingerprint density at radius 1 is 1.42 bits per heavy atom. The maximum atomic E-state index is 12.6. The van der Waals surface area contributed by atoms with Gasteiger partial charge < -0.3 is 19.0 Å². The summed E-state index contributed by atoms with van der Waals surface area (Å²) in [5.41, 5.74) is 0.642. The molecule has 128 valence electrons. The number of rotatable bonds is 4. The molecule has 1 saturated heterocycles. The Bertz CT molecular complexity index is 739. The standard InChI is InChI=1S/C18H23N3O3/c1-12-10-15(13(2)23-12)18(22)21-9-7-14(11-21)24-16-6-5-8-19-17(16)20(3)4/h5-6,8,10,14H,7,9,11H2,1-4H3/t14-/m1/s1. The van der Waals surface area contributed by atoms with Gasteiger partial charge in [0.05, 0.1) is 12.1 Å². The second-order valence-corrected chi connectivity index (χ2v) is 6.33. The van der Waals surface area contributed by atoms with Gasteiger partial charge in [0.1, 0.15) is 17.6 Å². The summed E-state index contributed by atoms with van der Waals surface area (Å²) >= 11 is 0. The quantitative estimate of drug-likeness (QED) is 0.863. The van der Waals surface area contributed by atoms with E-state index >= 15 is 0 Å². The van der Waals surface area contributed by atoms with E-state index in [1.54, 1.807) is 12.3 Å². The minimum atomic E-state index is -0.0230. The second kappa shape index (κ2) is 6.55. The van der Waals surface area contributed by atoms with Gasteiger partial charge in [-0.1, -0.05) is 0 Å². The number of ether oxygens (including phenoxy) is 1. The molecule has 3 heterocycles. The van der Waals surface area contributed by atoms with Gasteiger partial charge >= 0.3 is 0 Å². The van der Waals surface area contributed by atoms with Crippen LogP contribution in [0.2, 0.25) is 0 Å². The highest BCUT2D eigenvalue weighted by Gasteiger charge is 2.30. The smallest absolute Gasteiger partial charge is 0.257 e. The fourth-order valence-electron chi connectivity index (χ4n) is 3.01. The summed E-state index contributed by atoms with van der Waals surface area (Å²) in [6.07, 6.45) is 2.53. The fraction of sp³-hybridized carbons (Fsp3) is 0.444. The molecule has 0 aromatic carbocycles. The Hall–Kier alpha value is -2.50. The van der Waals surface area contributed by atoms with Crippen LogP contribution in [0.4, 0.5) is 5.82 Å². The molecule has 6 nitrogen and oxygen atoms in total. The number of carbonyl (C=O) groups is 1. The van der Waals surface area contributed by atoms with Crippen molar-refractivity contribution in [2.75, 3.05) is 32.1 Å². The molecule has 24 heavy (non-hydrogen) atoms. The van der Waals surface area contributed by atoms with Crippen LogP contribution in [0.1, 0.15) is 28.3 Å². The van der Waals surface area contributed by atoms with Crippen LogP contribution < -0.4 is 9.64 Å². The van der Waals surface area contributed by atoms with Crippen molar-refractivity contribution in [3.05, 3.63) is 41.5 Å². The molecule has 1 atom stereocenters. The number of furan rings is 1. The summed E-state index contributed by atoms with van der Waals surface area (Å²) in [5.74, 6) is 2.98. The van der Waals surface area contributed by atoms with E-state index in [1.165, 1.54) is 0 Å². The number of hydrogen-bond acceptors (Lipinski definition) is 5. The van der Waals surface area contributed by atoms with Crippen LogP contribution in [0.3, 0.4) is 0 Å². The molecule has 0 bridgehead atoms. The summed E-state index contributed by atoms with van der Waals surface area (Å²) in [6.45, 7) is 4.93. The zero-order valence-corrected chi connectivity index (χ0v) is 14.6. The molecule has 6 heteroatoms. The Balaban J connectivity index is 1.68. The zero-order valence-electron chi connectivity index (χ0n) is 14.6. The van der Waals surface area contributed by atoms with Crippen LogP contribution in [0.5, 0.6) is 5.75 Å². The number of aromatic nitrogens is 1. The molecule has 0 N–H and O–H groups in total. The maximum Gasteiger partial charge on any atom is 0.257 e. The molecule has 0 spiro atoms. The lowest BCUT2D eigenvalue weighted by molar-refractivity contribution is 0.0770. The molecule has 1 fully saturated rings. The molecular formula is C18H23N3O3. The van der Waals surface area contributed by atoms with Gasteiger partial charge in [0, 0.05) is 33.3 Å². The fourth-order valence-corrected chi connectivity index (χ4v) is 3.01. The summed E-state index contributed by atoms with van der Waals surface area (Å²) in [7, 11) is 3.87. The first-order valence-electron chi connectivity index (χ1n) is 8.11. The number of amides is 1. The van der Waals surface area contributed by atoms with Crippen molar-refractivity contribution in [2.45, 2.75) is 26.4 Å². The van der Waals surface area contributed by atoms with Gasteiger partial charge in [0.25, 0.3) is 5.91 Å². The summed E-state index contributed by atoms with van der Waals surface area (Å²) in [5, 5.41) is 0. The van der Waals surface area contributed by atoms with Gasteiger partial charge in [-0.2, -0.15) is 0 Å². The second-order valence-electron chi connectivity index (χ2n) is 6.33. The van der Waals surface area contributed by atoms with E-state index < -0.39 is 0 Å². The molecule has 3 rings (SSSR count). The van der Waals surface area contributed by atoms with Gasteiger partial charge in [0.15, 0.2) is 11.6 Å². The molecule has 1 amide bonds. The Morgan fingerprint density at radius 3 is 2.88 bits per heavy atom. The molecule has 2 aromatic heterocycles. The minimum absolute atomic E-state index is 0.00877. The lowest BCUT2D eigenvalue weighted by Gasteiger charge is -2.20.